The fraction of sp³-hybridized carbons (Fsp3) is 0.476. The summed E-state index contributed by atoms with van der Waals surface area (Å²) in [5.74, 6) is -0.00114. The van der Waals surface area contributed by atoms with Gasteiger partial charge in [-0.25, -0.2) is 14.2 Å². The molecule has 0 spiro atoms. The van der Waals surface area contributed by atoms with Crippen LogP contribution in [-0.2, 0) is 6.18 Å². The number of halogens is 4. The Labute approximate surface area is 183 Å². The van der Waals surface area contributed by atoms with Crippen molar-refractivity contribution >= 4 is 23.5 Å². The molecule has 0 aliphatic heterocycles. The van der Waals surface area contributed by atoms with E-state index in [4.69, 9.17) is 0 Å². The second-order valence-electron chi connectivity index (χ2n) is 8.08. The molecule has 0 radical (unpaired) electrons. The first kappa shape index (κ1) is 23.6. The number of alkyl halides is 3. The number of nitrogens with one attached hydrogen (secondary N) is 3. The second-order valence-corrected chi connectivity index (χ2v) is 8.08. The summed E-state index contributed by atoms with van der Waals surface area (Å²) in [4.78, 5) is 23.0. The van der Waals surface area contributed by atoms with Crippen LogP contribution in [0.1, 0.15) is 36.8 Å². The van der Waals surface area contributed by atoms with Gasteiger partial charge in [0.05, 0.1) is 5.56 Å². The Bertz CT molecular complexity index is 958. The molecule has 7 nitrogen and oxygen atoms in total. The van der Waals surface area contributed by atoms with Crippen LogP contribution in [0.2, 0.25) is 0 Å². The standard InChI is InChI=1S/C21H26F4N6O/c1-12-11-26-19(30-18(12)31(2)3)27-13-4-6-14(7-5-13)28-20(32)29-15-8-9-17(22)16(10-15)21(23,24)25/h8-11,13-14H,4-7H2,1-3H3,(H,26,27,30)(H2,28,29,32)/t13-,14+. The highest BCUT2D eigenvalue weighted by molar-refractivity contribution is 5.89. The van der Waals surface area contributed by atoms with Gasteiger partial charge in [0.2, 0.25) is 5.95 Å². The van der Waals surface area contributed by atoms with Gasteiger partial charge in [-0.3, -0.25) is 0 Å². The highest BCUT2D eigenvalue weighted by Gasteiger charge is 2.34. The summed E-state index contributed by atoms with van der Waals surface area (Å²) >= 11 is 0. The van der Waals surface area contributed by atoms with Crippen LogP contribution in [0.25, 0.3) is 0 Å². The number of nitrogens with zero attached hydrogens (tertiary/aromatic N) is 3. The minimum atomic E-state index is -4.84. The van der Waals surface area contributed by atoms with Gasteiger partial charge in [-0.2, -0.15) is 18.2 Å². The van der Waals surface area contributed by atoms with Crippen LogP contribution in [0.3, 0.4) is 0 Å². The third-order valence-electron chi connectivity index (χ3n) is 5.29. The molecule has 2 aromatic rings. The molecule has 11 heteroatoms. The first-order valence-electron chi connectivity index (χ1n) is 10.2. The van der Waals surface area contributed by atoms with Crippen molar-refractivity contribution in [1.29, 1.82) is 0 Å². The van der Waals surface area contributed by atoms with Crippen molar-refractivity contribution in [2.75, 3.05) is 29.6 Å². The van der Waals surface area contributed by atoms with Crippen LogP contribution in [0.15, 0.2) is 24.4 Å². The zero-order valence-electron chi connectivity index (χ0n) is 18.1. The fourth-order valence-corrected chi connectivity index (χ4v) is 3.69. The number of aromatic nitrogens is 2. The molecule has 1 aromatic carbocycles. The first-order chi connectivity index (χ1) is 15.0. The number of carbonyl (C=O) groups excluding carboxylic acids is 1. The fourth-order valence-electron chi connectivity index (χ4n) is 3.69. The Balaban J connectivity index is 1.50. The SMILES string of the molecule is Cc1cnc(N[C@H]2CC[C@@H](NC(=O)Nc3ccc(F)c(C(F)(F)F)c3)CC2)nc1N(C)C. The van der Waals surface area contributed by atoms with Gasteiger partial charge < -0.3 is 20.9 Å². The number of anilines is 3. The number of hydrogen-bond donors (Lipinski definition) is 3. The lowest BCUT2D eigenvalue weighted by Gasteiger charge is -2.30. The van der Waals surface area contributed by atoms with Gasteiger partial charge in [0, 0.05) is 43.6 Å². The number of rotatable bonds is 5. The molecular formula is C21H26F4N6O. The van der Waals surface area contributed by atoms with E-state index in [9.17, 15) is 22.4 Å². The van der Waals surface area contributed by atoms with Gasteiger partial charge in [-0.1, -0.05) is 0 Å². The lowest BCUT2D eigenvalue weighted by atomic mass is 9.91. The van der Waals surface area contributed by atoms with Gasteiger partial charge in [-0.15, -0.1) is 0 Å². The molecule has 1 heterocycles. The molecule has 32 heavy (non-hydrogen) atoms. The molecule has 1 saturated carbocycles. The summed E-state index contributed by atoms with van der Waals surface area (Å²) in [7, 11) is 3.83. The van der Waals surface area contributed by atoms with E-state index in [2.05, 4.69) is 25.9 Å². The smallest absolute Gasteiger partial charge is 0.362 e. The monoisotopic (exact) mass is 454 g/mol. The van der Waals surface area contributed by atoms with Gasteiger partial charge in [-0.05, 0) is 50.8 Å². The Morgan fingerprint density at radius 1 is 1.12 bits per heavy atom. The van der Waals surface area contributed by atoms with Gasteiger partial charge in [0.1, 0.15) is 11.6 Å². The quantitative estimate of drug-likeness (QED) is 0.578. The maximum atomic E-state index is 13.4. The Kier molecular flexibility index (Phi) is 7.05. The summed E-state index contributed by atoms with van der Waals surface area (Å²) in [6.45, 7) is 1.94. The Hall–Kier alpha value is -3.11. The summed E-state index contributed by atoms with van der Waals surface area (Å²) < 4.78 is 51.9. The lowest BCUT2D eigenvalue weighted by molar-refractivity contribution is -0.139. The van der Waals surface area contributed by atoms with Crippen molar-refractivity contribution in [3.05, 3.63) is 41.3 Å². The highest BCUT2D eigenvalue weighted by atomic mass is 19.4. The van der Waals surface area contributed by atoms with Crippen LogP contribution >= 0.6 is 0 Å². The van der Waals surface area contributed by atoms with Gasteiger partial charge in [0.25, 0.3) is 0 Å². The van der Waals surface area contributed by atoms with Crippen LogP contribution in [0, 0.1) is 12.7 Å². The maximum absolute atomic E-state index is 13.4. The van der Waals surface area contributed by atoms with E-state index in [0.29, 0.717) is 30.9 Å². The molecule has 1 aliphatic rings. The molecule has 3 N–H and O–H groups in total. The molecule has 1 aromatic heterocycles. The van der Waals surface area contributed by atoms with Crippen molar-refractivity contribution < 1.29 is 22.4 Å². The third-order valence-corrected chi connectivity index (χ3v) is 5.29. The number of aryl methyl sites for hydroxylation is 1. The second kappa shape index (κ2) is 9.58. The summed E-state index contributed by atoms with van der Waals surface area (Å²) in [5.41, 5.74) is -0.569. The van der Waals surface area contributed by atoms with Crippen LogP contribution < -0.4 is 20.9 Å². The highest BCUT2D eigenvalue weighted by Crippen LogP contribution is 2.33. The van der Waals surface area contributed by atoms with E-state index in [1.165, 1.54) is 0 Å². The van der Waals surface area contributed by atoms with E-state index < -0.39 is 23.6 Å². The molecule has 2 amide bonds. The molecule has 174 valence electrons. The summed E-state index contributed by atoms with van der Waals surface area (Å²) in [6, 6.07) is 1.77. The Morgan fingerprint density at radius 2 is 1.78 bits per heavy atom. The van der Waals surface area contributed by atoms with Crippen molar-refractivity contribution in [1.82, 2.24) is 15.3 Å². The van der Waals surface area contributed by atoms with E-state index in [1.807, 2.05) is 25.9 Å². The minimum Gasteiger partial charge on any atom is -0.362 e. The number of carbonyl (C=O) groups is 1. The van der Waals surface area contributed by atoms with E-state index in [0.717, 1.165) is 30.3 Å². The zero-order chi connectivity index (χ0) is 23.5. The van der Waals surface area contributed by atoms with Crippen LogP contribution in [-0.4, -0.2) is 42.2 Å². The predicted octanol–water partition coefficient (Wildman–Crippen LogP) is 4.55. The molecule has 0 atom stereocenters. The van der Waals surface area contributed by atoms with Crippen LogP contribution in [0.4, 0.5) is 39.8 Å². The number of hydrogen-bond acceptors (Lipinski definition) is 5. The molecule has 1 fully saturated rings. The van der Waals surface area contributed by atoms with Crippen molar-refractivity contribution in [3.63, 3.8) is 0 Å². The number of amides is 2. The predicted molar refractivity (Wildman–Crippen MR) is 114 cm³/mol. The first-order valence-corrected chi connectivity index (χ1v) is 10.2. The van der Waals surface area contributed by atoms with E-state index >= 15 is 0 Å². The van der Waals surface area contributed by atoms with Crippen molar-refractivity contribution in [2.45, 2.75) is 50.9 Å². The largest absolute Gasteiger partial charge is 0.419 e. The number of benzene rings is 1. The minimum absolute atomic E-state index is 0.119. The summed E-state index contributed by atoms with van der Waals surface area (Å²) in [6.07, 6.45) is -0.147. The van der Waals surface area contributed by atoms with Crippen molar-refractivity contribution in [2.24, 2.45) is 0 Å². The molecule has 0 bridgehead atoms. The van der Waals surface area contributed by atoms with E-state index in [-0.39, 0.29) is 17.8 Å². The lowest BCUT2D eigenvalue weighted by Crippen LogP contribution is -2.42. The molecular weight excluding hydrogens is 428 g/mol. The van der Waals surface area contributed by atoms with Crippen LogP contribution in [0.5, 0.6) is 0 Å². The average Bonchev–Trinajstić information content (AvgIpc) is 2.71. The van der Waals surface area contributed by atoms with Gasteiger partial charge >= 0.3 is 12.2 Å². The normalized spacial score (nSPS) is 18.7. The van der Waals surface area contributed by atoms with Gasteiger partial charge in [0.15, 0.2) is 0 Å². The maximum Gasteiger partial charge on any atom is 0.419 e. The van der Waals surface area contributed by atoms with E-state index in [1.54, 1.807) is 6.20 Å². The molecule has 1 aliphatic carbocycles. The number of urea groups is 1. The third kappa shape index (κ3) is 5.98. The molecule has 3 rings (SSSR count). The Morgan fingerprint density at radius 3 is 2.41 bits per heavy atom. The average molecular weight is 454 g/mol. The van der Waals surface area contributed by atoms with Crippen molar-refractivity contribution in [3.8, 4) is 0 Å². The molecule has 0 saturated heterocycles. The zero-order valence-corrected chi connectivity index (χ0v) is 18.1. The summed E-state index contributed by atoms with van der Waals surface area (Å²) in [5, 5.41) is 8.43. The molecule has 0 unspecified atom stereocenters. The topological polar surface area (TPSA) is 82.2 Å².